The molecule has 174 valence electrons. The fourth-order valence-corrected chi connectivity index (χ4v) is 5.88. The van der Waals surface area contributed by atoms with Gasteiger partial charge in [0.25, 0.3) is 0 Å². The van der Waals surface area contributed by atoms with Crippen molar-refractivity contribution in [1.29, 1.82) is 0 Å². The average molecular weight is 460 g/mol. The number of benzene rings is 2. The van der Waals surface area contributed by atoms with E-state index in [1.54, 1.807) is 0 Å². The Bertz CT molecular complexity index is 978. The van der Waals surface area contributed by atoms with E-state index in [1.165, 1.54) is 6.07 Å². The van der Waals surface area contributed by atoms with Crippen molar-refractivity contribution >= 4 is 0 Å². The summed E-state index contributed by atoms with van der Waals surface area (Å²) in [7, 11) is 0. The summed E-state index contributed by atoms with van der Waals surface area (Å²) in [6, 6.07) is 4.04. The van der Waals surface area contributed by atoms with Gasteiger partial charge in [-0.3, -0.25) is 0 Å². The number of alkyl halides is 3. The lowest BCUT2D eigenvalue weighted by molar-refractivity contribution is -0.276. The lowest BCUT2D eigenvalue weighted by atomic mass is 9.57. The van der Waals surface area contributed by atoms with Crippen LogP contribution in [-0.2, 0) is 6.42 Å². The van der Waals surface area contributed by atoms with Crippen molar-refractivity contribution in [3.63, 3.8) is 0 Å². The Morgan fingerprint density at radius 2 is 1.59 bits per heavy atom. The molecule has 2 aromatic rings. The van der Waals surface area contributed by atoms with E-state index in [1.807, 2.05) is 6.92 Å². The van der Waals surface area contributed by atoms with Crippen molar-refractivity contribution < 1.29 is 35.5 Å². The fraction of sp³-hybridized carbons (Fsp3) is 0.500. The predicted molar refractivity (Wildman–Crippen MR) is 104 cm³/mol. The van der Waals surface area contributed by atoms with Crippen LogP contribution in [0.4, 0.5) is 30.7 Å². The second-order valence-corrected chi connectivity index (χ2v) is 8.78. The van der Waals surface area contributed by atoms with Gasteiger partial charge >= 0.3 is 6.36 Å². The summed E-state index contributed by atoms with van der Waals surface area (Å²) < 4.78 is 98.5. The molecule has 2 aliphatic rings. The summed E-state index contributed by atoms with van der Waals surface area (Å²) in [6.45, 7) is 1.99. The van der Waals surface area contributed by atoms with E-state index in [-0.39, 0.29) is 29.2 Å². The molecule has 0 saturated heterocycles. The first-order valence-corrected chi connectivity index (χ1v) is 10.8. The van der Waals surface area contributed by atoms with Crippen LogP contribution in [0.25, 0.3) is 0 Å². The molecule has 1 fully saturated rings. The maximum atomic E-state index is 14.5. The maximum absolute atomic E-state index is 14.5. The molecule has 4 atom stereocenters. The quantitative estimate of drug-likeness (QED) is 0.424. The highest BCUT2D eigenvalue weighted by Crippen LogP contribution is 2.55. The van der Waals surface area contributed by atoms with Gasteiger partial charge in [0.1, 0.15) is 11.6 Å². The normalized spacial score (nSPS) is 25.2. The molecule has 2 aliphatic carbocycles. The van der Waals surface area contributed by atoms with Gasteiger partial charge in [-0.25, -0.2) is 17.6 Å². The minimum Gasteiger partial charge on any atom is -0.399 e. The van der Waals surface area contributed by atoms with E-state index in [0.29, 0.717) is 36.8 Å². The minimum absolute atomic E-state index is 0.0643. The van der Waals surface area contributed by atoms with Crippen molar-refractivity contribution in [2.45, 2.75) is 63.6 Å². The van der Waals surface area contributed by atoms with Crippen LogP contribution in [0.15, 0.2) is 24.3 Å². The molecule has 0 heterocycles. The van der Waals surface area contributed by atoms with Crippen LogP contribution < -0.4 is 4.74 Å². The van der Waals surface area contributed by atoms with Crippen molar-refractivity contribution in [1.82, 2.24) is 0 Å². The molecule has 2 aromatic carbocycles. The highest BCUT2D eigenvalue weighted by atomic mass is 19.4. The Morgan fingerprint density at radius 3 is 2.22 bits per heavy atom. The van der Waals surface area contributed by atoms with Gasteiger partial charge in [0.15, 0.2) is 11.6 Å². The smallest absolute Gasteiger partial charge is 0.399 e. The first kappa shape index (κ1) is 22.9. The van der Waals surface area contributed by atoms with Gasteiger partial charge in [0.05, 0.1) is 0 Å². The van der Waals surface area contributed by atoms with Crippen LogP contribution in [-0.4, -0.2) is 6.36 Å². The Labute approximate surface area is 181 Å². The van der Waals surface area contributed by atoms with Crippen LogP contribution in [0, 0.1) is 35.1 Å². The first-order chi connectivity index (χ1) is 15.1. The third kappa shape index (κ3) is 4.33. The zero-order valence-electron chi connectivity index (χ0n) is 17.4. The van der Waals surface area contributed by atoms with Crippen molar-refractivity contribution in [3.05, 3.63) is 64.2 Å². The molecule has 0 N–H and O–H groups in total. The predicted octanol–water partition coefficient (Wildman–Crippen LogP) is 7.78. The third-order valence-corrected chi connectivity index (χ3v) is 6.94. The second-order valence-electron chi connectivity index (χ2n) is 8.78. The number of fused-ring (bicyclic) bond motifs is 3. The molecule has 0 amide bonds. The summed E-state index contributed by atoms with van der Waals surface area (Å²) in [6.07, 6.45) is -1.29. The van der Waals surface area contributed by atoms with Crippen LogP contribution in [0.2, 0.25) is 0 Å². The van der Waals surface area contributed by atoms with Crippen LogP contribution >= 0.6 is 0 Å². The molecular formula is C24H23F7O. The number of hydrogen-bond donors (Lipinski definition) is 0. The molecule has 0 aromatic heterocycles. The van der Waals surface area contributed by atoms with E-state index >= 15 is 0 Å². The van der Waals surface area contributed by atoms with Gasteiger partial charge in [-0.15, -0.1) is 13.2 Å². The molecule has 8 heteroatoms. The van der Waals surface area contributed by atoms with Crippen LogP contribution in [0.5, 0.6) is 5.75 Å². The number of hydrogen-bond acceptors (Lipinski definition) is 1. The van der Waals surface area contributed by atoms with Crippen LogP contribution in [0.3, 0.4) is 0 Å². The third-order valence-electron chi connectivity index (χ3n) is 6.94. The van der Waals surface area contributed by atoms with Gasteiger partial charge in [-0.2, -0.15) is 0 Å². The Kier molecular flexibility index (Phi) is 6.16. The summed E-state index contributed by atoms with van der Waals surface area (Å²) in [5.74, 6) is -6.13. The standard InChI is InChI=1S/C24H23F7O/c1-2-3-12-4-5-15-17(7-6-16-18(15)10-14(25)11-19(16)26)22(12)13-8-20(27)23(21(28)9-13)32-24(29,30)31/h8-12,15,17,22H,2-7H2,1H3. The summed E-state index contributed by atoms with van der Waals surface area (Å²) >= 11 is 0. The molecule has 0 radical (unpaired) electrons. The van der Waals surface area contributed by atoms with E-state index in [2.05, 4.69) is 4.74 Å². The minimum atomic E-state index is -5.22. The Hall–Kier alpha value is -2.25. The fourth-order valence-electron chi connectivity index (χ4n) is 5.88. The number of rotatable bonds is 4. The number of halogens is 7. The largest absolute Gasteiger partial charge is 0.573 e. The molecule has 0 spiro atoms. The van der Waals surface area contributed by atoms with E-state index in [4.69, 9.17) is 0 Å². The lowest BCUT2D eigenvalue weighted by Gasteiger charge is -2.47. The van der Waals surface area contributed by atoms with Gasteiger partial charge in [-0.05, 0) is 84.2 Å². The van der Waals surface area contributed by atoms with Crippen molar-refractivity contribution in [2.75, 3.05) is 0 Å². The summed E-state index contributed by atoms with van der Waals surface area (Å²) in [4.78, 5) is 0. The molecule has 1 saturated carbocycles. The zero-order valence-corrected chi connectivity index (χ0v) is 17.4. The highest BCUT2D eigenvalue weighted by molar-refractivity contribution is 5.39. The van der Waals surface area contributed by atoms with E-state index < -0.39 is 35.4 Å². The maximum Gasteiger partial charge on any atom is 0.573 e. The average Bonchev–Trinajstić information content (AvgIpc) is 2.69. The molecule has 4 unspecified atom stereocenters. The number of ether oxygens (including phenoxy) is 1. The lowest BCUT2D eigenvalue weighted by Crippen LogP contribution is -2.35. The highest BCUT2D eigenvalue weighted by Gasteiger charge is 2.44. The van der Waals surface area contributed by atoms with Crippen LogP contribution in [0.1, 0.15) is 67.6 Å². The van der Waals surface area contributed by atoms with E-state index in [9.17, 15) is 30.7 Å². The molecule has 32 heavy (non-hydrogen) atoms. The van der Waals surface area contributed by atoms with Gasteiger partial charge in [0.2, 0.25) is 5.75 Å². The zero-order chi connectivity index (χ0) is 23.2. The monoisotopic (exact) mass is 460 g/mol. The second kappa shape index (κ2) is 8.60. The topological polar surface area (TPSA) is 9.23 Å². The Balaban J connectivity index is 1.75. The first-order valence-electron chi connectivity index (χ1n) is 10.8. The SMILES string of the molecule is CCCC1CCC2c3cc(F)cc(F)c3CCC2C1c1cc(F)c(OC(F)(F)F)c(F)c1. The summed E-state index contributed by atoms with van der Waals surface area (Å²) in [5.41, 5.74) is 1.34. The van der Waals surface area contributed by atoms with Crippen molar-refractivity contribution in [2.24, 2.45) is 11.8 Å². The molecule has 4 rings (SSSR count). The van der Waals surface area contributed by atoms with Gasteiger partial charge < -0.3 is 4.74 Å². The van der Waals surface area contributed by atoms with Gasteiger partial charge in [0, 0.05) is 6.07 Å². The molecule has 0 aliphatic heterocycles. The van der Waals surface area contributed by atoms with Gasteiger partial charge in [-0.1, -0.05) is 19.8 Å². The summed E-state index contributed by atoms with van der Waals surface area (Å²) in [5, 5.41) is 0. The van der Waals surface area contributed by atoms with E-state index in [0.717, 1.165) is 31.0 Å². The molecule has 0 bridgehead atoms. The molecular weight excluding hydrogens is 437 g/mol. The molecule has 1 nitrogen and oxygen atoms in total. The van der Waals surface area contributed by atoms with Crippen molar-refractivity contribution in [3.8, 4) is 5.75 Å². The Morgan fingerprint density at radius 1 is 0.906 bits per heavy atom.